The third kappa shape index (κ3) is 3.48. The van der Waals surface area contributed by atoms with Crippen molar-refractivity contribution in [2.24, 2.45) is 12.8 Å². The van der Waals surface area contributed by atoms with Gasteiger partial charge in [0.25, 0.3) is 17.5 Å². The lowest BCUT2D eigenvalue weighted by Gasteiger charge is -2.32. The summed E-state index contributed by atoms with van der Waals surface area (Å²) in [6.45, 7) is 5.16. The predicted octanol–water partition coefficient (Wildman–Crippen LogP) is 2.20. The minimum atomic E-state index is -0.500. The van der Waals surface area contributed by atoms with E-state index >= 15 is 0 Å². The third-order valence-electron chi connectivity index (χ3n) is 5.37. The number of amides is 2. The summed E-state index contributed by atoms with van der Waals surface area (Å²) in [4.78, 5) is 31.0. The van der Waals surface area contributed by atoms with Crippen LogP contribution < -0.4 is 5.73 Å². The van der Waals surface area contributed by atoms with Gasteiger partial charge in [0, 0.05) is 38.4 Å². The largest absolute Gasteiger partial charge is 0.365 e. The lowest BCUT2D eigenvalue weighted by Crippen LogP contribution is -2.39. The third-order valence-corrected chi connectivity index (χ3v) is 5.37. The summed E-state index contributed by atoms with van der Waals surface area (Å²) in [5.74, 6) is -0.467. The summed E-state index contributed by atoms with van der Waals surface area (Å²) in [6.07, 6.45) is 4.83. The Morgan fingerprint density at radius 3 is 2.86 bits per heavy atom. The first-order chi connectivity index (χ1) is 13.8. The van der Waals surface area contributed by atoms with Gasteiger partial charge in [-0.15, -0.1) is 0 Å². The molecule has 3 aromatic heterocycles. The molecule has 9 nitrogen and oxygen atoms in total. The highest BCUT2D eigenvalue weighted by molar-refractivity contribution is 5.97. The molecule has 0 unspecified atom stereocenters. The van der Waals surface area contributed by atoms with Crippen LogP contribution in [0.25, 0.3) is 11.1 Å². The summed E-state index contributed by atoms with van der Waals surface area (Å²) in [7, 11) is 1.76. The molecule has 9 heteroatoms. The van der Waals surface area contributed by atoms with Crippen LogP contribution in [-0.4, -0.2) is 49.7 Å². The average molecular weight is 396 g/mol. The first-order valence-electron chi connectivity index (χ1n) is 9.73. The second-order valence-corrected chi connectivity index (χ2v) is 7.86. The van der Waals surface area contributed by atoms with Gasteiger partial charge < -0.3 is 15.2 Å². The topological polar surface area (TPSA) is 120 Å². The molecule has 0 spiro atoms. The number of carbonyl (C=O) groups is 2. The molecular formula is C20H24N6O3. The van der Waals surface area contributed by atoms with Crippen LogP contribution in [-0.2, 0) is 7.05 Å². The van der Waals surface area contributed by atoms with E-state index in [4.69, 9.17) is 10.3 Å². The summed E-state index contributed by atoms with van der Waals surface area (Å²) >= 11 is 0. The van der Waals surface area contributed by atoms with E-state index in [1.165, 1.54) is 6.20 Å². The highest BCUT2D eigenvalue weighted by Gasteiger charge is 2.30. The van der Waals surface area contributed by atoms with Crippen molar-refractivity contribution in [2.45, 2.75) is 38.5 Å². The molecule has 4 heterocycles. The molecule has 2 N–H and O–H groups in total. The SMILES string of the molecule is CC(C)c1noc2ncc(C(=O)N3CCC[C@H](c4nn(C)cc4C(N)=O)C3)cc12. The highest BCUT2D eigenvalue weighted by Crippen LogP contribution is 2.30. The van der Waals surface area contributed by atoms with Gasteiger partial charge in [0.2, 0.25) is 0 Å². The molecule has 1 aliphatic rings. The molecular weight excluding hydrogens is 372 g/mol. The Bertz CT molecular complexity index is 1080. The van der Waals surface area contributed by atoms with E-state index in [-0.39, 0.29) is 17.7 Å². The number of primary amides is 1. The Kier molecular flexibility index (Phi) is 4.81. The van der Waals surface area contributed by atoms with Gasteiger partial charge in [-0.3, -0.25) is 14.3 Å². The number of hydrogen-bond donors (Lipinski definition) is 1. The molecule has 0 aliphatic carbocycles. The van der Waals surface area contributed by atoms with Gasteiger partial charge in [-0.05, 0) is 24.8 Å². The molecule has 0 bridgehead atoms. The molecule has 29 heavy (non-hydrogen) atoms. The smallest absolute Gasteiger partial charge is 0.257 e. The van der Waals surface area contributed by atoms with Crippen LogP contribution in [0.3, 0.4) is 0 Å². The number of aryl methyl sites for hydroxylation is 1. The van der Waals surface area contributed by atoms with E-state index < -0.39 is 5.91 Å². The van der Waals surface area contributed by atoms with E-state index in [1.807, 2.05) is 13.8 Å². The van der Waals surface area contributed by atoms with Crippen LogP contribution in [0.4, 0.5) is 0 Å². The lowest BCUT2D eigenvalue weighted by molar-refractivity contribution is 0.0705. The predicted molar refractivity (Wildman–Crippen MR) is 105 cm³/mol. The molecule has 1 atom stereocenters. The molecule has 4 rings (SSSR count). The Morgan fingerprint density at radius 1 is 1.34 bits per heavy atom. The van der Waals surface area contributed by atoms with Crippen LogP contribution in [0.2, 0.25) is 0 Å². The molecule has 1 fully saturated rings. The van der Waals surface area contributed by atoms with Gasteiger partial charge >= 0.3 is 0 Å². The zero-order valence-corrected chi connectivity index (χ0v) is 16.8. The van der Waals surface area contributed by atoms with Crippen molar-refractivity contribution < 1.29 is 14.1 Å². The number of hydrogen-bond acceptors (Lipinski definition) is 6. The van der Waals surface area contributed by atoms with Crippen molar-refractivity contribution in [2.75, 3.05) is 13.1 Å². The fourth-order valence-electron chi connectivity index (χ4n) is 3.95. The minimum absolute atomic E-state index is 0.0325. The van der Waals surface area contributed by atoms with Gasteiger partial charge in [0.15, 0.2) is 0 Å². The molecule has 1 aliphatic heterocycles. The molecule has 0 radical (unpaired) electrons. The van der Waals surface area contributed by atoms with E-state index in [9.17, 15) is 9.59 Å². The standard InChI is InChI=1S/C20H24N6O3/c1-11(2)16-14-7-13(8-22-19(14)29-24-16)20(28)26-6-4-5-12(9-26)17-15(18(21)27)10-25(3)23-17/h7-8,10-12H,4-6,9H2,1-3H3,(H2,21,27)/t12-/m0/s1. The monoisotopic (exact) mass is 396 g/mol. The van der Waals surface area contributed by atoms with Crippen LogP contribution in [0, 0.1) is 0 Å². The van der Waals surface area contributed by atoms with Crippen molar-refractivity contribution in [3.8, 4) is 0 Å². The maximum Gasteiger partial charge on any atom is 0.257 e. The van der Waals surface area contributed by atoms with Crippen LogP contribution in [0.5, 0.6) is 0 Å². The number of nitrogens with zero attached hydrogens (tertiary/aromatic N) is 5. The van der Waals surface area contributed by atoms with E-state index in [2.05, 4.69) is 15.2 Å². The average Bonchev–Trinajstić information content (AvgIpc) is 3.30. The summed E-state index contributed by atoms with van der Waals surface area (Å²) in [5, 5.41) is 9.27. The zero-order valence-electron chi connectivity index (χ0n) is 16.8. The maximum absolute atomic E-state index is 13.2. The molecule has 3 aromatic rings. The van der Waals surface area contributed by atoms with Gasteiger partial charge in [0.1, 0.15) is 0 Å². The van der Waals surface area contributed by atoms with Crippen molar-refractivity contribution >= 4 is 22.9 Å². The molecule has 0 saturated carbocycles. The number of pyridine rings is 1. The van der Waals surface area contributed by atoms with Crippen molar-refractivity contribution in [1.29, 1.82) is 0 Å². The second-order valence-electron chi connectivity index (χ2n) is 7.86. The van der Waals surface area contributed by atoms with Gasteiger partial charge in [-0.1, -0.05) is 19.0 Å². The van der Waals surface area contributed by atoms with Gasteiger partial charge in [0.05, 0.1) is 27.9 Å². The van der Waals surface area contributed by atoms with E-state index in [0.29, 0.717) is 35.6 Å². The number of likely N-dealkylation sites (tertiary alicyclic amines) is 1. The van der Waals surface area contributed by atoms with Crippen LogP contribution >= 0.6 is 0 Å². The van der Waals surface area contributed by atoms with E-state index in [1.54, 1.807) is 28.9 Å². The molecule has 152 valence electrons. The Morgan fingerprint density at radius 2 is 2.14 bits per heavy atom. The van der Waals surface area contributed by atoms with Gasteiger partial charge in [-0.2, -0.15) is 5.10 Å². The Labute approximate surface area is 167 Å². The first kappa shape index (κ1) is 19.1. The second kappa shape index (κ2) is 7.31. The highest BCUT2D eigenvalue weighted by atomic mass is 16.5. The number of fused-ring (bicyclic) bond motifs is 1. The maximum atomic E-state index is 13.2. The van der Waals surface area contributed by atoms with Crippen molar-refractivity contribution in [1.82, 2.24) is 24.8 Å². The van der Waals surface area contributed by atoms with Gasteiger partial charge in [-0.25, -0.2) is 4.98 Å². The van der Waals surface area contributed by atoms with E-state index in [0.717, 1.165) is 23.9 Å². The number of nitrogens with two attached hydrogens (primary N) is 1. The lowest BCUT2D eigenvalue weighted by atomic mass is 9.92. The Balaban J connectivity index is 1.60. The van der Waals surface area contributed by atoms with Crippen molar-refractivity contribution in [3.63, 3.8) is 0 Å². The Hall–Kier alpha value is -3.23. The molecule has 1 saturated heterocycles. The van der Waals surface area contributed by atoms with Crippen LogP contribution in [0.1, 0.15) is 70.6 Å². The fourth-order valence-corrected chi connectivity index (χ4v) is 3.95. The normalized spacial score (nSPS) is 17.2. The first-order valence-corrected chi connectivity index (χ1v) is 9.73. The fraction of sp³-hybridized carbons (Fsp3) is 0.450. The molecule has 2 amide bonds. The van der Waals surface area contributed by atoms with Crippen molar-refractivity contribution in [3.05, 3.63) is 41.0 Å². The number of piperidine rings is 1. The zero-order chi connectivity index (χ0) is 20.7. The number of rotatable bonds is 4. The number of aromatic nitrogens is 4. The summed E-state index contributed by atoms with van der Waals surface area (Å²) in [5.41, 5.74) is 8.30. The quantitative estimate of drug-likeness (QED) is 0.722. The molecule has 0 aromatic carbocycles. The van der Waals surface area contributed by atoms with Crippen LogP contribution in [0.15, 0.2) is 23.0 Å². The summed E-state index contributed by atoms with van der Waals surface area (Å²) < 4.78 is 6.85. The summed E-state index contributed by atoms with van der Waals surface area (Å²) in [6, 6.07) is 1.80. The minimum Gasteiger partial charge on any atom is -0.365 e. The number of carbonyl (C=O) groups excluding carboxylic acids is 2.